The molecule has 0 radical (unpaired) electrons. The molecule has 2 aliphatic rings. The zero-order chi connectivity index (χ0) is 27.7. The highest BCUT2D eigenvalue weighted by Gasteiger charge is 2.23. The normalized spacial score (nSPS) is 17.0. The summed E-state index contributed by atoms with van der Waals surface area (Å²) in [5.74, 6) is 0.817. The molecule has 210 valence electrons. The van der Waals surface area contributed by atoms with Gasteiger partial charge in [-0.15, -0.1) is 0 Å². The van der Waals surface area contributed by atoms with Gasteiger partial charge in [-0.3, -0.25) is 19.6 Å². The third kappa shape index (κ3) is 7.86. The van der Waals surface area contributed by atoms with Crippen molar-refractivity contribution in [2.75, 3.05) is 51.1 Å². The van der Waals surface area contributed by atoms with Gasteiger partial charge in [0.25, 0.3) is 5.91 Å². The summed E-state index contributed by atoms with van der Waals surface area (Å²) in [6.07, 6.45) is 8.20. The molecule has 2 aromatic heterocycles. The Morgan fingerprint density at radius 2 is 1.68 bits per heavy atom. The summed E-state index contributed by atoms with van der Waals surface area (Å²) in [5.41, 5.74) is 3.56. The van der Waals surface area contributed by atoms with Crippen LogP contribution in [0.5, 0.6) is 5.88 Å². The van der Waals surface area contributed by atoms with Gasteiger partial charge in [-0.2, -0.15) is 0 Å². The maximum Gasteiger partial charge on any atom is 0.416 e. The van der Waals surface area contributed by atoms with Gasteiger partial charge in [0.15, 0.2) is 0 Å². The van der Waals surface area contributed by atoms with E-state index >= 15 is 0 Å². The van der Waals surface area contributed by atoms with Crippen molar-refractivity contribution in [1.82, 2.24) is 24.7 Å². The quantitative estimate of drug-likeness (QED) is 0.453. The van der Waals surface area contributed by atoms with E-state index in [1.54, 1.807) is 23.2 Å². The molecule has 9 heteroatoms. The van der Waals surface area contributed by atoms with Crippen LogP contribution in [0.15, 0.2) is 67.1 Å². The van der Waals surface area contributed by atoms with Gasteiger partial charge in [-0.25, -0.2) is 9.78 Å². The number of carbonyl (C=O) groups is 2. The second-order valence-electron chi connectivity index (χ2n) is 10.8. The topological polar surface area (TPSA) is 90.9 Å². The molecule has 0 atom stereocenters. The van der Waals surface area contributed by atoms with Gasteiger partial charge in [-0.1, -0.05) is 25.1 Å². The molecule has 0 saturated carbocycles. The summed E-state index contributed by atoms with van der Waals surface area (Å²) < 4.78 is 5.48. The van der Waals surface area contributed by atoms with Crippen molar-refractivity contribution in [2.24, 2.45) is 5.92 Å². The Morgan fingerprint density at radius 1 is 0.900 bits per heavy atom. The van der Waals surface area contributed by atoms with Crippen LogP contribution in [0.3, 0.4) is 0 Å². The summed E-state index contributed by atoms with van der Waals surface area (Å²) in [6, 6.07) is 15.1. The molecule has 9 nitrogen and oxygen atoms in total. The third-order valence-corrected chi connectivity index (χ3v) is 7.75. The molecule has 5 rings (SSSR count). The van der Waals surface area contributed by atoms with E-state index in [0.717, 1.165) is 51.6 Å². The lowest BCUT2D eigenvalue weighted by atomic mass is 9.99. The predicted octanol–water partition coefficient (Wildman–Crippen LogP) is 4.32. The van der Waals surface area contributed by atoms with Gasteiger partial charge in [0.2, 0.25) is 5.88 Å². The van der Waals surface area contributed by atoms with Crippen molar-refractivity contribution in [3.63, 3.8) is 0 Å². The molecule has 3 aromatic rings. The highest BCUT2D eigenvalue weighted by molar-refractivity contribution is 6.04. The average molecular weight is 543 g/mol. The van der Waals surface area contributed by atoms with Crippen LogP contribution >= 0.6 is 0 Å². The summed E-state index contributed by atoms with van der Waals surface area (Å²) in [7, 11) is 0. The zero-order valence-electron chi connectivity index (χ0n) is 23.2. The van der Waals surface area contributed by atoms with E-state index in [9.17, 15) is 9.59 Å². The Morgan fingerprint density at radius 3 is 2.35 bits per heavy atom. The van der Waals surface area contributed by atoms with Crippen LogP contribution in [-0.2, 0) is 13.0 Å². The summed E-state index contributed by atoms with van der Waals surface area (Å²) in [5, 5.41) is 2.86. The Bertz CT molecular complexity index is 1240. The number of ether oxygens (including phenoxy) is 1. The number of piperazine rings is 1. The van der Waals surface area contributed by atoms with Gasteiger partial charge < -0.3 is 15.0 Å². The Kier molecular flexibility index (Phi) is 9.36. The lowest BCUT2D eigenvalue weighted by molar-refractivity contribution is 0.102. The molecule has 2 fully saturated rings. The van der Waals surface area contributed by atoms with E-state index in [1.165, 1.54) is 30.2 Å². The molecule has 0 bridgehead atoms. The molecule has 2 saturated heterocycles. The summed E-state index contributed by atoms with van der Waals surface area (Å²) in [4.78, 5) is 40.3. The number of nitrogens with one attached hydrogen (secondary N) is 1. The van der Waals surface area contributed by atoms with Crippen molar-refractivity contribution in [3.8, 4) is 5.88 Å². The van der Waals surface area contributed by atoms with E-state index in [4.69, 9.17) is 4.74 Å². The number of amides is 2. The lowest BCUT2D eigenvalue weighted by Gasteiger charge is -2.33. The molecular weight excluding hydrogens is 504 g/mol. The van der Waals surface area contributed by atoms with Crippen LogP contribution in [0.4, 0.5) is 10.5 Å². The summed E-state index contributed by atoms with van der Waals surface area (Å²) in [6.45, 7) is 9.24. The van der Waals surface area contributed by atoms with Gasteiger partial charge >= 0.3 is 6.09 Å². The number of benzene rings is 1. The van der Waals surface area contributed by atoms with E-state index in [-0.39, 0.29) is 11.8 Å². The fourth-order valence-electron chi connectivity index (χ4n) is 5.10. The minimum atomic E-state index is -0.407. The van der Waals surface area contributed by atoms with Crippen molar-refractivity contribution in [2.45, 2.75) is 32.7 Å². The van der Waals surface area contributed by atoms with Gasteiger partial charge in [0, 0.05) is 63.3 Å². The minimum absolute atomic E-state index is 0.203. The monoisotopic (exact) mass is 542 g/mol. The number of hydrogen-bond acceptors (Lipinski definition) is 7. The highest BCUT2D eigenvalue weighted by atomic mass is 16.6. The zero-order valence-corrected chi connectivity index (χ0v) is 23.2. The van der Waals surface area contributed by atoms with Crippen LogP contribution in [-0.4, -0.2) is 82.5 Å². The maximum atomic E-state index is 12.7. The lowest BCUT2D eigenvalue weighted by Crippen LogP contribution is -2.50. The Labute approximate surface area is 236 Å². The van der Waals surface area contributed by atoms with E-state index in [2.05, 4.69) is 38.1 Å². The molecule has 0 aliphatic carbocycles. The Balaban J connectivity index is 1.04. The van der Waals surface area contributed by atoms with Crippen molar-refractivity contribution < 1.29 is 14.3 Å². The molecule has 4 heterocycles. The van der Waals surface area contributed by atoms with Crippen molar-refractivity contribution in [3.05, 3.63) is 83.8 Å². The summed E-state index contributed by atoms with van der Waals surface area (Å²) >= 11 is 0. The van der Waals surface area contributed by atoms with Crippen LogP contribution in [0.1, 0.15) is 41.3 Å². The number of rotatable bonds is 8. The van der Waals surface area contributed by atoms with Crippen LogP contribution < -0.4 is 10.1 Å². The fourth-order valence-corrected chi connectivity index (χ4v) is 5.10. The number of piperidine rings is 1. The number of likely N-dealkylation sites (tertiary alicyclic amines) is 1. The minimum Gasteiger partial charge on any atom is -0.391 e. The SMILES string of the molecule is CC1CCN(Cc2ccc(C(=O)Nc3ccc(OC(=O)N4CCN(CCc5cccnc5)CC4)nc3)cc2)CC1. The van der Waals surface area contributed by atoms with E-state index in [0.29, 0.717) is 24.3 Å². The molecule has 40 heavy (non-hydrogen) atoms. The molecule has 2 aliphatic heterocycles. The van der Waals surface area contributed by atoms with Crippen LogP contribution in [0.2, 0.25) is 0 Å². The molecule has 0 unspecified atom stereocenters. The average Bonchev–Trinajstić information content (AvgIpc) is 2.99. The second-order valence-corrected chi connectivity index (χ2v) is 10.8. The van der Waals surface area contributed by atoms with Gasteiger partial charge in [0.05, 0.1) is 11.9 Å². The number of hydrogen-bond donors (Lipinski definition) is 1. The third-order valence-electron chi connectivity index (χ3n) is 7.75. The first kappa shape index (κ1) is 27.7. The van der Waals surface area contributed by atoms with Crippen molar-refractivity contribution >= 4 is 17.7 Å². The van der Waals surface area contributed by atoms with Crippen LogP contribution in [0.25, 0.3) is 0 Å². The van der Waals surface area contributed by atoms with Crippen molar-refractivity contribution in [1.29, 1.82) is 0 Å². The smallest absolute Gasteiger partial charge is 0.391 e. The number of pyridine rings is 2. The van der Waals surface area contributed by atoms with Gasteiger partial charge in [0.1, 0.15) is 0 Å². The highest BCUT2D eigenvalue weighted by Crippen LogP contribution is 2.19. The van der Waals surface area contributed by atoms with E-state index < -0.39 is 6.09 Å². The van der Waals surface area contributed by atoms with Crippen LogP contribution in [0, 0.1) is 5.92 Å². The van der Waals surface area contributed by atoms with E-state index in [1.807, 2.05) is 36.5 Å². The molecule has 0 spiro atoms. The predicted molar refractivity (Wildman–Crippen MR) is 154 cm³/mol. The molecule has 2 amide bonds. The number of nitrogens with zero attached hydrogens (tertiary/aromatic N) is 5. The standard InChI is InChI=1S/C31H38N6O3/c1-24-10-14-36(15-11-24)23-26-4-6-27(7-5-26)30(38)34-28-8-9-29(33-22-28)40-31(39)37-19-17-35(18-20-37)16-12-25-3-2-13-32-21-25/h2-9,13,21-22,24H,10-12,14-20,23H2,1H3,(H,34,38). The van der Waals surface area contributed by atoms with Gasteiger partial charge in [-0.05, 0) is 73.7 Å². The molecule has 1 aromatic carbocycles. The molecular formula is C31H38N6O3. The number of carbonyl (C=O) groups excluding carboxylic acids is 2. The fraction of sp³-hybridized carbons (Fsp3) is 0.419. The first-order chi connectivity index (χ1) is 19.5. The Hall–Kier alpha value is -3.82. The largest absolute Gasteiger partial charge is 0.416 e. The maximum absolute atomic E-state index is 12.7. The first-order valence-corrected chi connectivity index (χ1v) is 14.2. The number of anilines is 1. The second kappa shape index (κ2) is 13.5. The first-order valence-electron chi connectivity index (χ1n) is 14.2. The molecule has 1 N–H and O–H groups in total. The number of aromatic nitrogens is 2.